The van der Waals surface area contributed by atoms with Crippen LogP contribution >= 0.6 is 11.5 Å². The Morgan fingerprint density at radius 2 is 1.79 bits per heavy atom. The lowest BCUT2D eigenvalue weighted by atomic mass is 10.1. The van der Waals surface area contributed by atoms with Crippen molar-refractivity contribution in [1.82, 2.24) is 4.37 Å². The molecular weight excluding hydrogens is 343 g/mol. The van der Waals surface area contributed by atoms with Crippen LogP contribution in [0.1, 0.15) is 16.1 Å². The molecule has 124 valence electrons. The monoisotopic (exact) mass is 353 g/mol. The van der Waals surface area contributed by atoms with Crippen molar-refractivity contribution in [1.29, 1.82) is 0 Å². The number of carbonyl (C=O) groups excluding carboxylic acids is 1. The van der Waals surface area contributed by atoms with E-state index in [0.29, 0.717) is 17.0 Å². The Hall–Kier alpha value is -2.61. The smallest absolute Gasteiger partial charge is 0.487 e. The fraction of sp³-hybridized carbons (Fsp3) is 0.125. The molecule has 2 aromatic carbocycles. The Balaban J connectivity index is 1.68. The lowest BCUT2D eigenvalue weighted by Gasteiger charge is -2.09. The average Bonchev–Trinajstić information content (AvgIpc) is 2.95. The van der Waals surface area contributed by atoms with Gasteiger partial charge in [-0.25, -0.2) is 0 Å². The van der Waals surface area contributed by atoms with Crippen molar-refractivity contribution in [2.75, 3.05) is 0 Å². The molecule has 0 aliphatic heterocycles. The number of hydrogen-bond acceptors (Lipinski definition) is 5. The van der Waals surface area contributed by atoms with Crippen LogP contribution in [-0.4, -0.2) is 17.0 Å². The fourth-order valence-corrected chi connectivity index (χ4v) is 2.91. The van der Waals surface area contributed by atoms with Gasteiger partial charge < -0.3 is 9.47 Å². The van der Waals surface area contributed by atoms with Crippen molar-refractivity contribution >= 4 is 27.9 Å². The molecule has 24 heavy (non-hydrogen) atoms. The quantitative estimate of drug-likeness (QED) is 0.630. The molecule has 0 radical (unpaired) electrons. The minimum absolute atomic E-state index is 0.167. The first-order chi connectivity index (χ1) is 11.4. The summed E-state index contributed by atoms with van der Waals surface area (Å²) in [6.45, 7) is 0.167. The zero-order chi connectivity index (χ0) is 17.2. The molecule has 0 aliphatic carbocycles. The summed E-state index contributed by atoms with van der Waals surface area (Å²) in [5.74, 6) is 0.0885. The van der Waals surface area contributed by atoms with Gasteiger partial charge in [-0.1, -0.05) is 12.1 Å². The van der Waals surface area contributed by atoms with Crippen molar-refractivity contribution in [3.63, 3.8) is 0 Å². The zero-order valence-corrected chi connectivity index (χ0v) is 12.9. The number of nitrogens with zero attached hydrogens (tertiary/aromatic N) is 1. The van der Waals surface area contributed by atoms with Gasteiger partial charge in [0.05, 0.1) is 10.4 Å². The third kappa shape index (κ3) is 3.83. The van der Waals surface area contributed by atoms with Crippen LogP contribution in [0.25, 0.3) is 10.1 Å². The number of alkyl halides is 3. The number of benzene rings is 2. The van der Waals surface area contributed by atoms with Gasteiger partial charge in [0.2, 0.25) is 0 Å². The van der Waals surface area contributed by atoms with E-state index >= 15 is 0 Å². The Bertz CT molecular complexity index is 859. The predicted molar refractivity (Wildman–Crippen MR) is 82.5 cm³/mol. The van der Waals surface area contributed by atoms with Crippen LogP contribution < -0.4 is 9.47 Å². The summed E-state index contributed by atoms with van der Waals surface area (Å²) in [6, 6.07) is 10.4. The van der Waals surface area contributed by atoms with E-state index < -0.39 is 6.36 Å². The molecule has 0 saturated carbocycles. The Morgan fingerprint density at radius 3 is 2.46 bits per heavy atom. The number of aromatic nitrogens is 1. The summed E-state index contributed by atoms with van der Waals surface area (Å²) in [6.07, 6.45) is -3.96. The summed E-state index contributed by atoms with van der Waals surface area (Å²) in [4.78, 5) is 10.8. The number of fused-ring (bicyclic) bond motifs is 1. The van der Waals surface area contributed by atoms with Gasteiger partial charge in [-0.2, -0.15) is 4.37 Å². The summed E-state index contributed by atoms with van der Waals surface area (Å²) < 4.78 is 50.8. The van der Waals surface area contributed by atoms with Crippen molar-refractivity contribution in [3.05, 3.63) is 53.7 Å². The van der Waals surface area contributed by atoms with E-state index in [0.717, 1.165) is 16.4 Å². The number of ether oxygens (including phenoxy) is 2. The molecule has 0 amide bonds. The molecule has 1 heterocycles. The molecule has 0 unspecified atom stereocenters. The van der Waals surface area contributed by atoms with Crippen LogP contribution in [0.2, 0.25) is 0 Å². The van der Waals surface area contributed by atoms with Gasteiger partial charge in [0, 0.05) is 10.9 Å². The lowest BCUT2D eigenvalue weighted by molar-refractivity contribution is -0.274. The van der Waals surface area contributed by atoms with Gasteiger partial charge in [0.15, 0.2) is 0 Å². The highest BCUT2D eigenvalue weighted by Gasteiger charge is 2.30. The predicted octanol–water partition coefficient (Wildman–Crippen LogP) is 4.59. The van der Waals surface area contributed by atoms with E-state index in [-0.39, 0.29) is 12.4 Å². The molecule has 3 rings (SSSR count). The molecule has 0 bridgehead atoms. The molecular formula is C16H10F3NO3S. The molecule has 0 fully saturated rings. The molecule has 0 atom stereocenters. The van der Waals surface area contributed by atoms with Gasteiger partial charge in [0.1, 0.15) is 24.4 Å². The molecule has 8 heteroatoms. The lowest BCUT2D eigenvalue weighted by Crippen LogP contribution is -2.16. The molecule has 0 aliphatic rings. The average molecular weight is 353 g/mol. The first kappa shape index (κ1) is 16.3. The molecule has 0 saturated heterocycles. The second-order valence-corrected chi connectivity index (χ2v) is 5.62. The Labute approximate surface area is 138 Å². The number of carbonyl (C=O) groups is 1. The maximum absolute atomic E-state index is 12.1. The molecule has 4 nitrogen and oxygen atoms in total. The second kappa shape index (κ2) is 6.48. The maximum Gasteiger partial charge on any atom is 0.573 e. The first-order valence-corrected chi connectivity index (χ1v) is 7.54. The Morgan fingerprint density at radius 1 is 1.08 bits per heavy atom. The largest absolute Gasteiger partial charge is 0.573 e. The summed E-state index contributed by atoms with van der Waals surface area (Å²) in [5, 5.41) is 0.877. The first-order valence-electron chi connectivity index (χ1n) is 6.77. The maximum atomic E-state index is 12.1. The van der Waals surface area contributed by atoms with Crippen LogP contribution in [0.3, 0.4) is 0 Å². The van der Waals surface area contributed by atoms with Crippen LogP contribution in [0.4, 0.5) is 13.2 Å². The van der Waals surface area contributed by atoms with Gasteiger partial charge in [0.25, 0.3) is 0 Å². The van der Waals surface area contributed by atoms with Gasteiger partial charge >= 0.3 is 6.36 Å². The SMILES string of the molecule is O=Cc1ccc2c(COc3ccc(OC(F)(F)F)cc3)nsc2c1. The van der Waals surface area contributed by atoms with Crippen LogP contribution in [0.15, 0.2) is 42.5 Å². The standard InChI is InChI=1S/C16H10F3NO3S/c17-16(18,19)23-12-4-2-11(3-5-12)22-9-14-13-6-1-10(8-21)7-15(13)24-20-14/h1-8H,9H2. The number of halogens is 3. The van der Waals surface area contributed by atoms with Crippen LogP contribution in [-0.2, 0) is 6.61 Å². The molecule has 3 aromatic rings. The van der Waals surface area contributed by atoms with Crippen molar-refractivity contribution < 1.29 is 27.4 Å². The van der Waals surface area contributed by atoms with E-state index in [4.69, 9.17) is 4.74 Å². The summed E-state index contributed by atoms with van der Waals surface area (Å²) >= 11 is 1.25. The highest BCUT2D eigenvalue weighted by atomic mass is 32.1. The number of hydrogen-bond donors (Lipinski definition) is 0. The summed E-state index contributed by atoms with van der Waals surface area (Å²) in [7, 11) is 0. The van der Waals surface area contributed by atoms with Crippen LogP contribution in [0.5, 0.6) is 11.5 Å². The summed E-state index contributed by atoms with van der Waals surface area (Å²) in [5.41, 5.74) is 1.27. The number of rotatable bonds is 5. The minimum Gasteiger partial charge on any atom is -0.487 e. The highest BCUT2D eigenvalue weighted by molar-refractivity contribution is 7.13. The minimum atomic E-state index is -4.72. The molecule has 0 spiro atoms. The molecule has 0 N–H and O–H groups in total. The van der Waals surface area contributed by atoms with Crippen LogP contribution in [0, 0.1) is 0 Å². The van der Waals surface area contributed by atoms with Gasteiger partial charge in [-0.3, -0.25) is 4.79 Å². The third-order valence-corrected chi connectivity index (χ3v) is 3.99. The molecule has 1 aromatic heterocycles. The Kier molecular flexibility index (Phi) is 4.39. The van der Waals surface area contributed by atoms with Gasteiger partial charge in [-0.15, -0.1) is 13.2 Å². The van der Waals surface area contributed by atoms with Crippen molar-refractivity contribution in [2.24, 2.45) is 0 Å². The van der Waals surface area contributed by atoms with E-state index in [1.54, 1.807) is 18.2 Å². The zero-order valence-electron chi connectivity index (χ0n) is 12.0. The second-order valence-electron chi connectivity index (χ2n) is 4.81. The van der Waals surface area contributed by atoms with E-state index in [1.165, 1.54) is 35.8 Å². The van der Waals surface area contributed by atoms with Crippen molar-refractivity contribution in [3.8, 4) is 11.5 Å². The topological polar surface area (TPSA) is 48.4 Å². The number of aldehydes is 1. The van der Waals surface area contributed by atoms with Crippen molar-refractivity contribution in [2.45, 2.75) is 13.0 Å². The fourth-order valence-electron chi connectivity index (χ4n) is 2.07. The third-order valence-electron chi connectivity index (χ3n) is 3.14. The van der Waals surface area contributed by atoms with E-state index in [2.05, 4.69) is 9.11 Å². The highest BCUT2D eigenvalue weighted by Crippen LogP contribution is 2.27. The van der Waals surface area contributed by atoms with E-state index in [1.807, 2.05) is 0 Å². The van der Waals surface area contributed by atoms with E-state index in [9.17, 15) is 18.0 Å². The normalized spacial score (nSPS) is 11.5. The van der Waals surface area contributed by atoms with Gasteiger partial charge in [-0.05, 0) is 41.9 Å².